The van der Waals surface area contributed by atoms with E-state index < -0.39 is 12.1 Å². The third-order valence-electron chi connectivity index (χ3n) is 6.09. The van der Waals surface area contributed by atoms with Crippen LogP contribution in [0.1, 0.15) is 49.7 Å². The second kappa shape index (κ2) is 10.7. The molecule has 0 unspecified atom stereocenters. The van der Waals surface area contributed by atoms with Crippen LogP contribution in [0.2, 0.25) is 0 Å². The fourth-order valence-electron chi connectivity index (χ4n) is 4.24. The Morgan fingerprint density at radius 1 is 1.03 bits per heavy atom. The van der Waals surface area contributed by atoms with Crippen molar-refractivity contribution in [1.29, 1.82) is 0 Å². The van der Waals surface area contributed by atoms with Gasteiger partial charge in [0, 0.05) is 26.2 Å². The maximum absolute atomic E-state index is 12.9. The van der Waals surface area contributed by atoms with Gasteiger partial charge in [-0.1, -0.05) is 30.7 Å². The SMILES string of the molecule is NCc1ccc(CNC(=O)[C@@H]2CCCN2C(=O)[C@H](N)CCN2CCCCC2)cc1. The molecule has 1 aromatic rings. The van der Waals surface area contributed by atoms with E-state index in [0.717, 1.165) is 37.2 Å². The molecule has 0 bridgehead atoms. The summed E-state index contributed by atoms with van der Waals surface area (Å²) in [4.78, 5) is 29.7. The molecule has 2 amide bonds. The van der Waals surface area contributed by atoms with Crippen molar-refractivity contribution in [1.82, 2.24) is 15.1 Å². The van der Waals surface area contributed by atoms with Crippen LogP contribution < -0.4 is 16.8 Å². The number of carbonyl (C=O) groups is 2. The summed E-state index contributed by atoms with van der Waals surface area (Å²) >= 11 is 0. The average Bonchev–Trinajstić information content (AvgIpc) is 3.26. The topological polar surface area (TPSA) is 105 Å². The molecule has 1 aromatic carbocycles. The average molecular weight is 402 g/mol. The van der Waals surface area contributed by atoms with Crippen molar-refractivity contribution in [2.24, 2.45) is 11.5 Å². The first-order valence-electron chi connectivity index (χ1n) is 10.9. The lowest BCUT2D eigenvalue weighted by Crippen LogP contribution is -2.51. The van der Waals surface area contributed by atoms with Crippen molar-refractivity contribution in [2.75, 3.05) is 26.2 Å². The van der Waals surface area contributed by atoms with Crippen molar-refractivity contribution >= 4 is 11.8 Å². The summed E-state index contributed by atoms with van der Waals surface area (Å²) in [5.74, 6) is -0.186. The highest BCUT2D eigenvalue weighted by molar-refractivity contribution is 5.90. The molecular weight excluding hydrogens is 366 g/mol. The van der Waals surface area contributed by atoms with Crippen LogP contribution in [0, 0.1) is 0 Å². The van der Waals surface area contributed by atoms with Crippen molar-refractivity contribution < 1.29 is 9.59 Å². The van der Waals surface area contributed by atoms with Gasteiger partial charge in [-0.05, 0) is 56.3 Å². The van der Waals surface area contributed by atoms with Gasteiger partial charge in [-0.15, -0.1) is 0 Å². The van der Waals surface area contributed by atoms with Gasteiger partial charge in [-0.25, -0.2) is 0 Å². The molecule has 2 aliphatic heterocycles. The summed E-state index contributed by atoms with van der Waals surface area (Å²) in [6.45, 7) is 4.62. The number of amides is 2. The molecule has 2 heterocycles. The Labute approximate surface area is 173 Å². The summed E-state index contributed by atoms with van der Waals surface area (Å²) in [5, 5.41) is 2.97. The molecular formula is C22H35N5O2. The number of nitrogens with one attached hydrogen (secondary N) is 1. The summed E-state index contributed by atoms with van der Waals surface area (Å²) in [6, 6.07) is 6.93. The van der Waals surface area contributed by atoms with Gasteiger partial charge >= 0.3 is 0 Å². The number of benzene rings is 1. The summed E-state index contributed by atoms with van der Waals surface area (Å²) < 4.78 is 0. The molecule has 3 rings (SSSR count). The van der Waals surface area contributed by atoms with E-state index in [0.29, 0.717) is 32.5 Å². The van der Waals surface area contributed by atoms with E-state index in [9.17, 15) is 9.59 Å². The molecule has 5 N–H and O–H groups in total. The normalized spacial score (nSPS) is 21.2. The van der Waals surface area contributed by atoms with E-state index in [2.05, 4.69) is 10.2 Å². The molecule has 2 atom stereocenters. The molecule has 0 aliphatic carbocycles. The predicted octanol–water partition coefficient (Wildman–Crippen LogP) is 0.956. The van der Waals surface area contributed by atoms with Crippen LogP contribution in [-0.4, -0.2) is 59.9 Å². The smallest absolute Gasteiger partial charge is 0.243 e. The highest BCUT2D eigenvalue weighted by Crippen LogP contribution is 2.19. The first-order chi connectivity index (χ1) is 14.1. The molecule has 7 heteroatoms. The zero-order chi connectivity index (χ0) is 20.6. The highest BCUT2D eigenvalue weighted by atomic mass is 16.2. The van der Waals surface area contributed by atoms with Gasteiger partial charge in [0.15, 0.2) is 0 Å². The lowest BCUT2D eigenvalue weighted by molar-refractivity contribution is -0.139. The van der Waals surface area contributed by atoms with Gasteiger partial charge in [-0.2, -0.15) is 0 Å². The molecule has 0 radical (unpaired) electrons. The fourth-order valence-corrected chi connectivity index (χ4v) is 4.24. The Kier molecular flexibility index (Phi) is 8.03. The Morgan fingerprint density at radius 2 is 1.72 bits per heavy atom. The van der Waals surface area contributed by atoms with Crippen molar-refractivity contribution in [2.45, 2.75) is 63.7 Å². The zero-order valence-electron chi connectivity index (χ0n) is 17.3. The number of piperidine rings is 1. The molecule has 2 aliphatic rings. The Morgan fingerprint density at radius 3 is 2.41 bits per heavy atom. The van der Waals surface area contributed by atoms with Gasteiger partial charge in [0.05, 0.1) is 6.04 Å². The van der Waals surface area contributed by atoms with Crippen LogP contribution in [0.3, 0.4) is 0 Å². The van der Waals surface area contributed by atoms with Gasteiger partial charge in [0.25, 0.3) is 0 Å². The minimum Gasteiger partial charge on any atom is -0.350 e. The molecule has 2 fully saturated rings. The predicted molar refractivity (Wildman–Crippen MR) is 114 cm³/mol. The monoisotopic (exact) mass is 401 g/mol. The van der Waals surface area contributed by atoms with E-state index in [-0.39, 0.29) is 11.8 Å². The molecule has 0 spiro atoms. The summed E-state index contributed by atoms with van der Waals surface area (Å²) in [7, 11) is 0. The first-order valence-corrected chi connectivity index (χ1v) is 10.9. The molecule has 160 valence electrons. The largest absolute Gasteiger partial charge is 0.350 e. The summed E-state index contributed by atoms with van der Waals surface area (Å²) in [5.41, 5.74) is 13.9. The molecule has 0 saturated carbocycles. The van der Waals surface area contributed by atoms with Crippen LogP contribution in [-0.2, 0) is 22.7 Å². The van der Waals surface area contributed by atoms with Crippen LogP contribution >= 0.6 is 0 Å². The number of nitrogens with two attached hydrogens (primary N) is 2. The quantitative estimate of drug-likeness (QED) is 0.602. The van der Waals surface area contributed by atoms with Gasteiger partial charge in [0.1, 0.15) is 6.04 Å². The lowest BCUT2D eigenvalue weighted by Gasteiger charge is -2.29. The maximum atomic E-state index is 12.9. The lowest BCUT2D eigenvalue weighted by atomic mass is 10.1. The summed E-state index contributed by atoms with van der Waals surface area (Å²) in [6.07, 6.45) is 5.94. The number of hydrogen-bond donors (Lipinski definition) is 3. The van der Waals surface area contributed by atoms with Gasteiger partial charge in [0.2, 0.25) is 11.8 Å². The van der Waals surface area contributed by atoms with Gasteiger partial charge in [-0.3, -0.25) is 9.59 Å². The maximum Gasteiger partial charge on any atom is 0.243 e. The molecule has 29 heavy (non-hydrogen) atoms. The third kappa shape index (κ3) is 6.01. The van der Waals surface area contributed by atoms with Crippen molar-refractivity contribution in [3.63, 3.8) is 0 Å². The highest BCUT2D eigenvalue weighted by Gasteiger charge is 2.36. The second-order valence-corrected chi connectivity index (χ2v) is 8.23. The van der Waals surface area contributed by atoms with Crippen LogP contribution in [0.4, 0.5) is 0 Å². The Hall–Kier alpha value is -1.96. The van der Waals surface area contributed by atoms with Crippen molar-refractivity contribution in [3.05, 3.63) is 35.4 Å². The number of nitrogens with zero attached hydrogens (tertiary/aromatic N) is 2. The minimum absolute atomic E-state index is 0.0908. The molecule has 0 aromatic heterocycles. The van der Waals surface area contributed by atoms with E-state index in [1.807, 2.05) is 24.3 Å². The molecule has 7 nitrogen and oxygen atoms in total. The van der Waals surface area contributed by atoms with E-state index >= 15 is 0 Å². The fraction of sp³-hybridized carbons (Fsp3) is 0.636. The first kappa shape index (κ1) is 21.7. The number of likely N-dealkylation sites (tertiary alicyclic amines) is 2. The van der Waals surface area contributed by atoms with Gasteiger partial charge < -0.3 is 26.6 Å². The Bertz CT molecular complexity index is 672. The Balaban J connectivity index is 1.48. The number of hydrogen-bond acceptors (Lipinski definition) is 5. The minimum atomic E-state index is -0.533. The van der Waals surface area contributed by atoms with E-state index in [1.165, 1.54) is 19.3 Å². The van der Waals surface area contributed by atoms with Crippen LogP contribution in [0.5, 0.6) is 0 Å². The zero-order valence-corrected chi connectivity index (χ0v) is 17.3. The van der Waals surface area contributed by atoms with E-state index in [4.69, 9.17) is 11.5 Å². The van der Waals surface area contributed by atoms with Crippen molar-refractivity contribution in [3.8, 4) is 0 Å². The number of rotatable bonds is 8. The second-order valence-electron chi connectivity index (χ2n) is 8.23. The van der Waals surface area contributed by atoms with E-state index in [1.54, 1.807) is 4.90 Å². The van der Waals surface area contributed by atoms with Crippen LogP contribution in [0.25, 0.3) is 0 Å². The number of carbonyl (C=O) groups excluding carboxylic acids is 2. The van der Waals surface area contributed by atoms with Crippen LogP contribution in [0.15, 0.2) is 24.3 Å². The standard InChI is InChI=1S/C22H35N5O2/c23-15-17-6-8-18(9-7-17)16-25-21(28)20-5-4-13-27(20)22(29)19(24)10-14-26-11-2-1-3-12-26/h6-9,19-20H,1-5,10-16,23-24H2,(H,25,28)/t19-,20+/m1/s1. The molecule has 2 saturated heterocycles. The third-order valence-corrected chi connectivity index (χ3v) is 6.09.